The summed E-state index contributed by atoms with van der Waals surface area (Å²) in [4.78, 5) is 20.7. The fraction of sp³-hybridized carbons (Fsp3) is 0.294. The van der Waals surface area contributed by atoms with E-state index in [1.807, 2.05) is 57.2 Å². The van der Waals surface area contributed by atoms with Gasteiger partial charge in [0.1, 0.15) is 12.1 Å². The van der Waals surface area contributed by atoms with Gasteiger partial charge in [-0.2, -0.15) is 14.6 Å². The zero-order chi connectivity index (χ0) is 17.2. The number of fused-ring (bicyclic) bond motifs is 1. The zero-order valence-corrected chi connectivity index (χ0v) is 13.9. The Kier molecular flexibility index (Phi) is 4.16. The van der Waals surface area contributed by atoms with Gasteiger partial charge in [-0.1, -0.05) is 30.3 Å². The van der Waals surface area contributed by atoms with Crippen LogP contribution in [0.5, 0.6) is 0 Å². The molecule has 0 saturated carbocycles. The molecule has 0 aliphatic heterocycles. The van der Waals surface area contributed by atoms with Gasteiger partial charge < -0.3 is 10.6 Å². The molecule has 2 aromatic heterocycles. The maximum atomic E-state index is 12.0. The highest BCUT2D eigenvalue weighted by atomic mass is 16.2. The standard InChI is InChI=1S/C17H20N6O/c1-17(2,3)22-15(24)10-18-14-9-13(12-7-5-4-6-8-12)21-16-19-11-20-23(14)16/h4-9,11,18H,10H2,1-3H3,(H,22,24). The number of benzene rings is 1. The number of carbonyl (C=O) groups excluding carboxylic acids is 1. The van der Waals surface area contributed by atoms with E-state index in [0.29, 0.717) is 11.6 Å². The van der Waals surface area contributed by atoms with Crippen molar-refractivity contribution >= 4 is 17.5 Å². The molecule has 0 atom stereocenters. The van der Waals surface area contributed by atoms with Crippen LogP contribution in [-0.2, 0) is 4.79 Å². The largest absolute Gasteiger partial charge is 0.361 e. The van der Waals surface area contributed by atoms with Gasteiger partial charge in [0, 0.05) is 17.2 Å². The average molecular weight is 324 g/mol. The molecule has 2 N–H and O–H groups in total. The van der Waals surface area contributed by atoms with Crippen molar-refractivity contribution in [1.29, 1.82) is 0 Å². The van der Waals surface area contributed by atoms with Crippen molar-refractivity contribution in [2.45, 2.75) is 26.3 Å². The zero-order valence-electron chi connectivity index (χ0n) is 13.9. The summed E-state index contributed by atoms with van der Waals surface area (Å²) in [5, 5.41) is 10.2. The van der Waals surface area contributed by atoms with Gasteiger partial charge in [0.25, 0.3) is 5.78 Å². The van der Waals surface area contributed by atoms with Crippen LogP contribution in [0.15, 0.2) is 42.7 Å². The van der Waals surface area contributed by atoms with Crippen LogP contribution in [0.4, 0.5) is 5.82 Å². The van der Waals surface area contributed by atoms with Crippen molar-refractivity contribution < 1.29 is 4.79 Å². The molecule has 0 aliphatic rings. The summed E-state index contributed by atoms with van der Waals surface area (Å²) >= 11 is 0. The third-order valence-corrected chi connectivity index (χ3v) is 3.27. The fourth-order valence-corrected chi connectivity index (χ4v) is 2.33. The predicted molar refractivity (Wildman–Crippen MR) is 92.6 cm³/mol. The number of hydrogen-bond acceptors (Lipinski definition) is 5. The first kappa shape index (κ1) is 15.9. The van der Waals surface area contributed by atoms with Crippen molar-refractivity contribution in [3.05, 3.63) is 42.7 Å². The second kappa shape index (κ2) is 6.27. The van der Waals surface area contributed by atoms with Crippen molar-refractivity contribution in [3.8, 4) is 11.3 Å². The topological polar surface area (TPSA) is 84.2 Å². The van der Waals surface area contributed by atoms with E-state index in [-0.39, 0.29) is 18.0 Å². The molecule has 0 spiro atoms. The van der Waals surface area contributed by atoms with Gasteiger partial charge in [0.05, 0.1) is 12.2 Å². The van der Waals surface area contributed by atoms with Crippen LogP contribution in [0.25, 0.3) is 17.0 Å². The van der Waals surface area contributed by atoms with Gasteiger partial charge >= 0.3 is 0 Å². The molecule has 7 nitrogen and oxygen atoms in total. The monoisotopic (exact) mass is 324 g/mol. The maximum absolute atomic E-state index is 12.0. The number of hydrogen-bond donors (Lipinski definition) is 2. The van der Waals surface area contributed by atoms with Gasteiger partial charge in [-0.3, -0.25) is 4.79 Å². The average Bonchev–Trinajstić information content (AvgIpc) is 3.00. The molecule has 0 fully saturated rings. The molecule has 124 valence electrons. The number of aromatic nitrogens is 4. The summed E-state index contributed by atoms with van der Waals surface area (Å²) in [7, 11) is 0. The third kappa shape index (κ3) is 3.68. The normalized spacial score (nSPS) is 11.5. The molecule has 0 aliphatic carbocycles. The van der Waals surface area contributed by atoms with E-state index in [2.05, 4.69) is 25.7 Å². The van der Waals surface area contributed by atoms with Crippen molar-refractivity contribution in [2.75, 3.05) is 11.9 Å². The van der Waals surface area contributed by atoms with Gasteiger partial charge in [0.2, 0.25) is 5.91 Å². The highest BCUT2D eigenvalue weighted by Crippen LogP contribution is 2.21. The van der Waals surface area contributed by atoms with E-state index >= 15 is 0 Å². The predicted octanol–water partition coefficient (Wildman–Crippen LogP) is 2.12. The molecule has 0 unspecified atom stereocenters. The van der Waals surface area contributed by atoms with E-state index in [9.17, 15) is 4.79 Å². The molecular formula is C17H20N6O. The van der Waals surface area contributed by atoms with Crippen LogP contribution in [0.3, 0.4) is 0 Å². The summed E-state index contributed by atoms with van der Waals surface area (Å²) in [5.41, 5.74) is 1.48. The molecule has 0 saturated heterocycles. The van der Waals surface area contributed by atoms with E-state index in [1.54, 1.807) is 4.52 Å². The molecule has 1 amide bonds. The van der Waals surface area contributed by atoms with E-state index < -0.39 is 0 Å². The number of nitrogens with zero attached hydrogens (tertiary/aromatic N) is 4. The van der Waals surface area contributed by atoms with Crippen molar-refractivity contribution in [3.63, 3.8) is 0 Å². The second-order valence-corrected chi connectivity index (χ2v) is 6.52. The number of carbonyl (C=O) groups is 1. The molecule has 0 radical (unpaired) electrons. The quantitative estimate of drug-likeness (QED) is 0.768. The smallest absolute Gasteiger partial charge is 0.254 e. The Balaban J connectivity index is 1.87. The molecule has 0 bridgehead atoms. The second-order valence-electron chi connectivity index (χ2n) is 6.52. The van der Waals surface area contributed by atoms with Gasteiger partial charge in [-0.05, 0) is 20.8 Å². The first-order chi connectivity index (χ1) is 11.4. The molecule has 1 aromatic carbocycles. The summed E-state index contributed by atoms with van der Waals surface area (Å²) < 4.78 is 1.58. The highest BCUT2D eigenvalue weighted by Gasteiger charge is 2.14. The molecule has 3 rings (SSSR count). The van der Waals surface area contributed by atoms with Crippen molar-refractivity contribution in [1.82, 2.24) is 24.9 Å². The number of nitrogens with one attached hydrogen (secondary N) is 2. The van der Waals surface area contributed by atoms with Crippen LogP contribution >= 0.6 is 0 Å². The summed E-state index contributed by atoms with van der Waals surface area (Å²) in [6, 6.07) is 11.7. The first-order valence-electron chi connectivity index (χ1n) is 7.73. The maximum Gasteiger partial charge on any atom is 0.254 e. The van der Waals surface area contributed by atoms with Gasteiger partial charge in [0.15, 0.2) is 0 Å². The first-order valence-corrected chi connectivity index (χ1v) is 7.73. The Hall–Kier alpha value is -2.96. The van der Waals surface area contributed by atoms with Crippen LogP contribution in [0.1, 0.15) is 20.8 Å². The van der Waals surface area contributed by atoms with Crippen molar-refractivity contribution in [2.24, 2.45) is 0 Å². The molecular weight excluding hydrogens is 304 g/mol. The molecule has 24 heavy (non-hydrogen) atoms. The Morgan fingerprint density at radius 1 is 1.21 bits per heavy atom. The van der Waals surface area contributed by atoms with E-state index in [0.717, 1.165) is 11.3 Å². The van der Waals surface area contributed by atoms with Crippen LogP contribution in [0, 0.1) is 0 Å². The highest BCUT2D eigenvalue weighted by molar-refractivity contribution is 5.81. The summed E-state index contributed by atoms with van der Waals surface area (Å²) in [5.74, 6) is 1.06. The minimum Gasteiger partial charge on any atom is -0.361 e. The lowest BCUT2D eigenvalue weighted by molar-refractivity contribution is -0.120. The molecule has 2 heterocycles. The van der Waals surface area contributed by atoms with Gasteiger partial charge in [-0.25, -0.2) is 4.98 Å². The van der Waals surface area contributed by atoms with Crippen LogP contribution < -0.4 is 10.6 Å². The lowest BCUT2D eigenvalue weighted by atomic mass is 10.1. The fourth-order valence-electron chi connectivity index (χ4n) is 2.33. The lowest BCUT2D eigenvalue weighted by Gasteiger charge is -2.20. The minimum atomic E-state index is -0.269. The number of anilines is 1. The SMILES string of the molecule is CC(C)(C)NC(=O)CNc1cc(-c2ccccc2)nc2ncnn12. The Bertz CT molecular complexity index is 850. The Labute approximate surface area is 140 Å². The van der Waals surface area contributed by atoms with Crippen LogP contribution in [-0.4, -0.2) is 37.6 Å². The Morgan fingerprint density at radius 3 is 2.67 bits per heavy atom. The third-order valence-electron chi connectivity index (χ3n) is 3.27. The summed E-state index contributed by atoms with van der Waals surface area (Å²) in [6.45, 7) is 5.98. The lowest BCUT2D eigenvalue weighted by Crippen LogP contribution is -2.43. The van der Waals surface area contributed by atoms with E-state index in [4.69, 9.17) is 0 Å². The summed E-state index contributed by atoms with van der Waals surface area (Å²) in [6.07, 6.45) is 1.44. The Morgan fingerprint density at radius 2 is 1.96 bits per heavy atom. The number of rotatable bonds is 4. The minimum absolute atomic E-state index is 0.0890. The molecule has 3 aromatic rings. The van der Waals surface area contributed by atoms with E-state index in [1.165, 1.54) is 6.33 Å². The molecule has 7 heteroatoms. The van der Waals surface area contributed by atoms with Gasteiger partial charge in [-0.15, -0.1) is 0 Å². The number of amides is 1. The van der Waals surface area contributed by atoms with Crippen LogP contribution in [0.2, 0.25) is 0 Å².